The first-order valence-electron chi connectivity index (χ1n) is 6.27. The highest BCUT2D eigenvalue weighted by molar-refractivity contribution is 6.34. The molecule has 0 aliphatic carbocycles. The lowest BCUT2D eigenvalue weighted by Gasteiger charge is -2.23. The van der Waals surface area contributed by atoms with E-state index in [1.807, 2.05) is 4.90 Å². The Morgan fingerprint density at radius 3 is 2.89 bits per heavy atom. The van der Waals surface area contributed by atoms with Crippen LogP contribution in [-0.4, -0.2) is 30.7 Å². The fraction of sp³-hybridized carbons (Fsp3) is 0.462. The minimum atomic E-state index is -0.533. The van der Waals surface area contributed by atoms with Crippen molar-refractivity contribution in [3.8, 4) is 0 Å². The molecule has 1 aromatic carbocycles. The molecule has 5 N–H and O–H groups in total. The summed E-state index contributed by atoms with van der Waals surface area (Å²) in [6, 6.07) is 3.19. The van der Waals surface area contributed by atoms with Gasteiger partial charge in [0, 0.05) is 25.4 Å². The highest BCUT2D eigenvalue weighted by atomic mass is 35.5. The van der Waals surface area contributed by atoms with Crippen molar-refractivity contribution in [2.75, 3.05) is 30.3 Å². The number of benzene rings is 1. The molecule has 1 aliphatic rings. The standard InChI is InChI=1S/C13H18ClN3O2/c14-11-6-9(15)5-10(13(16)19)12(11)17-3-1-8(7-17)2-4-18/h5-6,8,18H,1-4,7,15H2,(H2,16,19). The Labute approximate surface area is 117 Å². The highest BCUT2D eigenvalue weighted by Gasteiger charge is 2.27. The molecule has 2 rings (SSSR count). The Hall–Kier alpha value is -1.46. The fourth-order valence-corrected chi connectivity index (χ4v) is 2.93. The summed E-state index contributed by atoms with van der Waals surface area (Å²) in [4.78, 5) is 13.6. The Morgan fingerprint density at radius 1 is 1.53 bits per heavy atom. The molecule has 0 radical (unpaired) electrons. The van der Waals surface area contributed by atoms with Gasteiger partial charge in [0.25, 0.3) is 5.91 Å². The number of carbonyl (C=O) groups is 1. The van der Waals surface area contributed by atoms with Crippen molar-refractivity contribution in [2.24, 2.45) is 11.7 Å². The number of rotatable bonds is 4. The molecule has 0 spiro atoms. The third-order valence-electron chi connectivity index (χ3n) is 3.49. The largest absolute Gasteiger partial charge is 0.399 e. The minimum Gasteiger partial charge on any atom is -0.399 e. The second-order valence-corrected chi connectivity index (χ2v) is 5.28. The monoisotopic (exact) mass is 283 g/mol. The van der Waals surface area contributed by atoms with Gasteiger partial charge in [0.05, 0.1) is 16.3 Å². The van der Waals surface area contributed by atoms with Gasteiger partial charge in [-0.1, -0.05) is 11.6 Å². The topological polar surface area (TPSA) is 92.6 Å². The summed E-state index contributed by atoms with van der Waals surface area (Å²) in [7, 11) is 0. The van der Waals surface area contributed by atoms with Crippen LogP contribution in [0.15, 0.2) is 12.1 Å². The van der Waals surface area contributed by atoms with Gasteiger partial charge in [0.2, 0.25) is 0 Å². The van der Waals surface area contributed by atoms with E-state index in [4.69, 9.17) is 28.2 Å². The summed E-state index contributed by atoms with van der Waals surface area (Å²) < 4.78 is 0. The SMILES string of the molecule is NC(=O)c1cc(N)cc(Cl)c1N1CCC(CCO)C1. The minimum absolute atomic E-state index is 0.177. The molecule has 0 saturated carbocycles. The van der Waals surface area contributed by atoms with Crippen LogP contribution in [0.4, 0.5) is 11.4 Å². The Bertz CT molecular complexity index is 493. The summed E-state index contributed by atoms with van der Waals surface area (Å²) in [6.45, 7) is 1.75. The van der Waals surface area contributed by atoms with E-state index in [9.17, 15) is 4.79 Å². The van der Waals surface area contributed by atoms with Gasteiger partial charge in [-0.3, -0.25) is 4.79 Å². The van der Waals surface area contributed by atoms with E-state index >= 15 is 0 Å². The number of hydrogen-bond acceptors (Lipinski definition) is 4. The van der Waals surface area contributed by atoms with Gasteiger partial charge in [0.15, 0.2) is 0 Å². The van der Waals surface area contributed by atoms with Crippen molar-refractivity contribution in [2.45, 2.75) is 12.8 Å². The highest BCUT2D eigenvalue weighted by Crippen LogP contribution is 2.36. The van der Waals surface area contributed by atoms with E-state index in [0.717, 1.165) is 25.9 Å². The first-order chi connectivity index (χ1) is 9.02. The molecular weight excluding hydrogens is 266 g/mol. The first kappa shape index (κ1) is 14.0. The number of primary amides is 1. The molecule has 1 unspecified atom stereocenters. The van der Waals surface area contributed by atoms with E-state index in [0.29, 0.717) is 27.9 Å². The molecule has 1 heterocycles. The predicted molar refractivity (Wildman–Crippen MR) is 76.4 cm³/mol. The summed E-state index contributed by atoms with van der Waals surface area (Å²) in [5, 5.41) is 9.43. The molecule has 0 bridgehead atoms. The molecule has 1 amide bonds. The van der Waals surface area contributed by atoms with Crippen molar-refractivity contribution in [1.29, 1.82) is 0 Å². The van der Waals surface area contributed by atoms with Crippen molar-refractivity contribution < 1.29 is 9.90 Å². The van der Waals surface area contributed by atoms with Gasteiger partial charge >= 0.3 is 0 Å². The van der Waals surface area contributed by atoms with Gasteiger partial charge in [0.1, 0.15) is 0 Å². The van der Waals surface area contributed by atoms with E-state index < -0.39 is 5.91 Å². The van der Waals surface area contributed by atoms with E-state index in [1.165, 1.54) is 0 Å². The third-order valence-corrected chi connectivity index (χ3v) is 3.78. The Kier molecular flexibility index (Phi) is 4.17. The second kappa shape index (κ2) is 5.67. The molecule has 5 nitrogen and oxygen atoms in total. The van der Waals surface area contributed by atoms with Crippen molar-refractivity contribution in [3.05, 3.63) is 22.7 Å². The van der Waals surface area contributed by atoms with Gasteiger partial charge < -0.3 is 21.5 Å². The van der Waals surface area contributed by atoms with Crippen molar-refractivity contribution >= 4 is 28.9 Å². The first-order valence-corrected chi connectivity index (χ1v) is 6.65. The molecule has 1 aliphatic heterocycles. The number of nitrogen functional groups attached to an aromatic ring is 1. The van der Waals surface area contributed by atoms with Crippen molar-refractivity contribution in [3.63, 3.8) is 0 Å². The Morgan fingerprint density at radius 2 is 2.26 bits per heavy atom. The predicted octanol–water partition coefficient (Wildman–Crippen LogP) is 1.23. The zero-order valence-electron chi connectivity index (χ0n) is 10.6. The van der Waals surface area contributed by atoms with Crippen molar-refractivity contribution in [1.82, 2.24) is 0 Å². The average Bonchev–Trinajstić information content (AvgIpc) is 2.76. The second-order valence-electron chi connectivity index (χ2n) is 4.88. The molecule has 0 aromatic heterocycles. The lowest BCUT2D eigenvalue weighted by molar-refractivity contribution is 0.100. The van der Waals surface area contributed by atoms with Crippen LogP contribution in [0.1, 0.15) is 23.2 Å². The van der Waals surface area contributed by atoms with E-state index in [-0.39, 0.29) is 6.61 Å². The molecule has 104 valence electrons. The number of nitrogens with two attached hydrogens (primary N) is 2. The van der Waals surface area contributed by atoms with Crippen LogP contribution in [0, 0.1) is 5.92 Å². The number of carbonyl (C=O) groups excluding carboxylic acids is 1. The van der Waals surface area contributed by atoms with Gasteiger partial charge in [-0.2, -0.15) is 0 Å². The van der Waals surface area contributed by atoms with Crippen LogP contribution in [-0.2, 0) is 0 Å². The zero-order chi connectivity index (χ0) is 14.0. The average molecular weight is 284 g/mol. The number of hydrogen-bond donors (Lipinski definition) is 3. The number of nitrogens with zero attached hydrogens (tertiary/aromatic N) is 1. The molecule has 1 atom stereocenters. The summed E-state index contributed by atoms with van der Waals surface area (Å²) in [5.74, 6) is -0.117. The van der Waals surface area contributed by atoms with Crippen LogP contribution >= 0.6 is 11.6 Å². The van der Waals surface area contributed by atoms with Crippen LogP contribution in [0.3, 0.4) is 0 Å². The third kappa shape index (κ3) is 2.93. The molecule has 19 heavy (non-hydrogen) atoms. The molecular formula is C13H18ClN3O2. The van der Waals surface area contributed by atoms with E-state index in [2.05, 4.69) is 0 Å². The van der Waals surface area contributed by atoms with Crippen LogP contribution in [0.2, 0.25) is 5.02 Å². The maximum Gasteiger partial charge on any atom is 0.250 e. The molecule has 1 fully saturated rings. The van der Waals surface area contributed by atoms with Gasteiger partial charge in [-0.25, -0.2) is 0 Å². The number of aliphatic hydroxyl groups is 1. The normalized spacial score (nSPS) is 18.8. The van der Waals surface area contributed by atoms with Gasteiger partial charge in [-0.15, -0.1) is 0 Å². The van der Waals surface area contributed by atoms with Crippen LogP contribution < -0.4 is 16.4 Å². The summed E-state index contributed by atoms with van der Waals surface area (Å²) in [5.41, 5.74) is 12.5. The summed E-state index contributed by atoms with van der Waals surface area (Å²) in [6.07, 6.45) is 1.73. The summed E-state index contributed by atoms with van der Waals surface area (Å²) >= 11 is 6.20. The number of aliphatic hydroxyl groups excluding tert-OH is 1. The number of anilines is 2. The van der Waals surface area contributed by atoms with E-state index in [1.54, 1.807) is 12.1 Å². The lowest BCUT2D eigenvalue weighted by atomic mass is 10.1. The zero-order valence-corrected chi connectivity index (χ0v) is 11.4. The van der Waals surface area contributed by atoms with Gasteiger partial charge in [-0.05, 0) is 30.9 Å². The lowest BCUT2D eigenvalue weighted by Crippen LogP contribution is -2.25. The molecule has 1 aromatic rings. The quantitative estimate of drug-likeness (QED) is 0.725. The number of halogens is 1. The van der Waals surface area contributed by atoms with Crippen LogP contribution in [0.5, 0.6) is 0 Å². The Balaban J connectivity index is 2.32. The molecule has 6 heteroatoms. The number of amides is 1. The fourth-order valence-electron chi connectivity index (χ4n) is 2.58. The maximum absolute atomic E-state index is 11.5. The smallest absolute Gasteiger partial charge is 0.250 e. The maximum atomic E-state index is 11.5. The van der Waals surface area contributed by atoms with Crippen LogP contribution in [0.25, 0.3) is 0 Å². The molecule has 1 saturated heterocycles.